The third kappa shape index (κ3) is 3.58. The summed E-state index contributed by atoms with van der Waals surface area (Å²) in [5.41, 5.74) is 3.17. The zero-order valence-corrected chi connectivity index (χ0v) is 15.8. The topological polar surface area (TPSA) is 74.7 Å². The van der Waals surface area contributed by atoms with Crippen LogP contribution in [0.1, 0.15) is 25.3 Å². The zero-order valence-electron chi connectivity index (χ0n) is 15.8. The lowest BCUT2D eigenvalue weighted by atomic mass is 9.84. The monoisotopic (exact) mass is 369 g/mol. The number of aryl methyl sites for hydroxylation is 1. The largest absolute Gasteiger partial charge is 0.488 e. The maximum atomic E-state index is 12.1. The van der Waals surface area contributed by atoms with Crippen LogP contribution in [0.2, 0.25) is 0 Å². The summed E-state index contributed by atoms with van der Waals surface area (Å²) in [6.07, 6.45) is 4.57. The van der Waals surface area contributed by atoms with Gasteiger partial charge in [-0.25, -0.2) is 0 Å². The molecule has 2 aliphatic rings. The van der Waals surface area contributed by atoms with Crippen LogP contribution in [-0.4, -0.2) is 48.8 Å². The molecule has 6 heteroatoms. The van der Waals surface area contributed by atoms with Crippen LogP contribution in [0, 0.1) is 11.8 Å². The molecule has 1 atom stereocenters. The first-order chi connectivity index (χ1) is 13.2. The van der Waals surface area contributed by atoms with E-state index in [-0.39, 0.29) is 11.8 Å². The Bertz CT molecular complexity index is 828. The summed E-state index contributed by atoms with van der Waals surface area (Å²) in [4.78, 5) is 18.8. The zero-order chi connectivity index (χ0) is 18.8. The lowest BCUT2D eigenvalue weighted by Crippen LogP contribution is -2.43. The number of aliphatic carboxylic acids is 1. The number of nitrogens with one attached hydrogen (secondary N) is 1. The van der Waals surface area contributed by atoms with Crippen molar-refractivity contribution in [2.24, 2.45) is 11.8 Å². The molecule has 0 saturated carbocycles. The van der Waals surface area contributed by atoms with E-state index in [1.165, 1.54) is 5.56 Å². The minimum atomic E-state index is -0.692. The van der Waals surface area contributed by atoms with Crippen molar-refractivity contribution in [2.75, 3.05) is 37.7 Å². The molecule has 2 aromatic rings. The molecular weight excluding hydrogens is 342 g/mol. The maximum absolute atomic E-state index is 12.1. The number of hydrogen-bond acceptors (Lipinski definition) is 5. The van der Waals surface area contributed by atoms with Gasteiger partial charge in [0, 0.05) is 11.9 Å². The minimum absolute atomic E-state index is 0.217. The van der Waals surface area contributed by atoms with Crippen LogP contribution < -0.4 is 15.0 Å². The van der Waals surface area contributed by atoms with Crippen molar-refractivity contribution in [3.63, 3.8) is 0 Å². The minimum Gasteiger partial charge on any atom is -0.488 e. The van der Waals surface area contributed by atoms with Crippen LogP contribution in [0.25, 0.3) is 10.9 Å². The standard InChI is InChI=1S/C21H27N3O3/c1-2-14-3-4-18-16(11-14)20-19(12-23-18)27-10-9-24(20)13-17(21(25)26)15-5-7-22-8-6-15/h3-4,11-12,15,17,22H,2,5-10,13H2,1H3,(H,25,26). The molecule has 0 bridgehead atoms. The molecule has 1 unspecified atom stereocenters. The summed E-state index contributed by atoms with van der Waals surface area (Å²) >= 11 is 0. The van der Waals surface area contributed by atoms with Crippen molar-refractivity contribution in [1.82, 2.24) is 10.3 Å². The number of anilines is 1. The molecule has 1 saturated heterocycles. The Labute approximate surface area is 159 Å². The number of ether oxygens (including phenoxy) is 1. The van der Waals surface area contributed by atoms with E-state index in [0.717, 1.165) is 54.7 Å². The molecule has 1 aromatic heterocycles. The van der Waals surface area contributed by atoms with Gasteiger partial charge < -0.3 is 20.1 Å². The van der Waals surface area contributed by atoms with Gasteiger partial charge in [0.15, 0.2) is 5.75 Å². The van der Waals surface area contributed by atoms with Crippen LogP contribution in [0.5, 0.6) is 5.75 Å². The number of nitrogens with zero attached hydrogens (tertiary/aromatic N) is 2. The number of aromatic nitrogens is 1. The average Bonchev–Trinajstić information content (AvgIpc) is 2.71. The van der Waals surface area contributed by atoms with Crippen molar-refractivity contribution < 1.29 is 14.6 Å². The summed E-state index contributed by atoms with van der Waals surface area (Å²) in [5, 5.41) is 14.3. The molecule has 1 fully saturated rings. The van der Waals surface area contributed by atoms with Crippen LogP contribution in [0.3, 0.4) is 0 Å². The molecule has 2 aliphatic heterocycles. The number of hydrogen-bond donors (Lipinski definition) is 2. The summed E-state index contributed by atoms with van der Waals surface area (Å²) < 4.78 is 5.86. The van der Waals surface area contributed by atoms with E-state index in [2.05, 4.69) is 34.3 Å². The van der Waals surface area contributed by atoms with Gasteiger partial charge in [-0.1, -0.05) is 13.0 Å². The van der Waals surface area contributed by atoms with Crippen LogP contribution in [-0.2, 0) is 11.2 Å². The Balaban J connectivity index is 1.70. The van der Waals surface area contributed by atoms with E-state index in [1.54, 1.807) is 6.20 Å². The van der Waals surface area contributed by atoms with E-state index in [9.17, 15) is 9.90 Å². The van der Waals surface area contributed by atoms with Crippen molar-refractivity contribution >= 4 is 22.6 Å². The first-order valence-electron chi connectivity index (χ1n) is 9.90. The second-order valence-electron chi connectivity index (χ2n) is 7.50. The summed E-state index contributed by atoms with van der Waals surface area (Å²) in [7, 11) is 0. The molecule has 0 spiro atoms. The fraction of sp³-hybridized carbons (Fsp3) is 0.524. The first kappa shape index (κ1) is 18.0. The molecule has 4 rings (SSSR count). The van der Waals surface area contributed by atoms with E-state index in [4.69, 9.17) is 4.74 Å². The third-order valence-electron chi connectivity index (χ3n) is 5.90. The van der Waals surface area contributed by atoms with E-state index >= 15 is 0 Å². The van der Waals surface area contributed by atoms with E-state index in [0.29, 0.717) is 19.7 Å². The molecule has 0 amide bonds. The van der Waals surface area contributed by atoms with Gasteiger partial charge in [0.2, 0.25) is 0 Å². The van der Waals surface area contributed by atoms with Crippen molar-refractivity contribution in [3.8, 4) is 5.75 Å². The molecule has 0 radical (unpaired) electrons. The quantitative estimate of drug-likeness (QED) is 0.844. The van der Waals surface area contributed by atoms with E-state index < -0.39 is 5.97 Å². The highest BCUT2D eigenvalue weighted by atomic mass is 16.5. The maximum Gasteiger partial charge on any atom is 0.308 e. The van der Waals surface area contributed by atoms with Gasteiger partial charge in [-0.15, -0.1) is 0 Å². The molecule has 0 aliphatic carbocycles. The summed E-state index contributed by atoms with van der Waals surface area (Å²) in [5.74, 6) is -0.0797. The highest BCUT2D eigenvalue weighted by Crippen LogP contribution is 2.39. The predicted molar refractivity (Wildman–Crippen MR) is 106 cm³/mol. The first-order valence-corrected chi connectivity index (χ1v) is 9.90. The highest BCUT2D eigenvalue weighted by molar-refractivity contribution is 5.95. The molecule has 144 valence electrons. The Morgan fingerprint density at radius 1 is 1.41 bits per heavy atom. The smallest absolute Gasteiger partial charge is 0.308 e. The number of carboxylic acid groups (broad SMARTS) is 1. The molecule has 27 heavy (non-hydrogen) atoms. The third-order valence-corrected chi connectivity index (χ3v) is 5.90. The lowest BCUT2D eigenvalue weighted by Gasteiger charge is -2.36. The van der Waals surface area contributed by atoms with Crippen molar-refractivity contribution in [3.05, 3.63) is 30.0 Å². The van der Waals surface area contributed by atoms with E-state index in [1.807, 2.05) is 6.07 Å². The Hall–Kier alpha value is -2.34. The Morgan fingerprint density at radius 2 is 2.22 bits per heavy atom. The SMILES string of the molecule is CCc1ccc2ncc3c(c2c1)N(CC(C(=O)O)C1CCNCC1)CCO3. The number of pyridine rings is 1. The van der Waals surface area contributed by atoms with Crippen LogP contribution in [0.4, 0.5) is 5.69 Å². The lowest BCUT2D eigenvalue weighted by molar-refractivity contribution is -0.143. The van der Waals surface area contributed by atoms with Crippen LogP contribution in [0.15, 0.2) is 24.4 Å². The Morgan fingerprint density at radius 3 is 2.96 bits per heavy atom. The molecule has 6 nitrogen and oxygen atoms in total. The molecular formula is C21H27N3O3. The normalized spacial score (nSPS) is 18.8. The Kier molecular flexibility index (Phi) is 5.16. The molecule has 3 heterocycles. The molecule has 1 aromatic carbocycles. The van der Waals surface area contributed by atoms with Crippen molar-refractivity contribution in [2.45, 2.75) is 26.2 Å². The number of benzene rings is 1. The van der Waals surface area contributed by atoms with Gasteiger partial charge in [-0.2, -0.15) is 0 Å². The second-order valence-corrected chi connectivity index (χ2v) is 7.50. The van der Waals surface area contributed by atoms with Gasteiger partial charge in [0.1, 0.15) is 6.61 Å². The van der Waals surface area contributed by atoms with Gasteiger partial charge in [-0.3, -0.25) is 9.78 Å². The van der Waals surface area contributed by atoms with Gasteiger partial charge in [0.05, 0.1) is 29.9 Å². The van der Waals surface area contributed by atoms with Crippen molar-refractivity contribution in [1.29, 1.82) is 0 Å². The number of rotatable bonds is 5. The molecule has 2 N–H and O–H groups in total. The number of piperidine rings is 1. The average molecular weight is 369 g/mol. The highest BCUT2D eigenvalue weighted by Gasteiger charge is 2.33. The second kappa shape index (κ2) is 7.72. The number of carbonyl (C=O) groups is 1. The fourth-order valence-electron chi connectivity index (χ4n) is 4.33. The van der Waals surface area contributed by atoms with Gasteiger partial charge in [-0.05, 0) is 56.0 Å². The van der Waals surface area contributed by atoms with Gasteiger partial charge in [0.25, 0.3) is 0 Å². The fourth-order valence-corrected chi connectivity index (χ4v) is 4.33. The van der Waals surface area contributed by atoms with Crippen LogP contribution >= 0.6 is 0 Å². The van der Waals surface area contributed by atoms with Gasteiger partial charge >= 0.3 is 5.97 Å². The summed E-state index contributed by atoms with van der Waals surface area (Å²) in [6.45, 7) is 5.73. The number of fused-ring (bicyclic) bond motifs is 3. The summed E-state index contributed by atoms with van der Waals surface area (Å²) in [6, 6.07) is 6.32. The number of carboxylic acids is 1. The predicted octanol–water partition coefficient (Wildman–Crippen LogP) is 2.70.